The molecular weight excluding hydrogens is 340 g/mol. The highest BCUT2D eigenvalue weighted by molar-refractivity contribution is 5.94. The second kappa shape index (κ2) is 8.71. The summed E-state index contributed by atoms with van der Waals surface area (Å²) >= 11 is 0. The molecule has 0 spiro atoms. The Kier molecular flexibility index (Phi) is 6.12. The Morgan fingerprint density at radius 3 is 2.67 bits per heavy atom. The zero-order valence-electron chi connectivity index (χ0n) is 15.7. The van der Waals surface area contributed by atoms with Crippen LogP contribution in [-0.2, 0) is 11.2 Å². The fourth-order valence-electron chi connectivity index (χ4n) is 3.61. The Morgan fingerprint density at radius 1 is 1.26 bits per heavy atom. The van der Waals surface area contributed by atoms with Crippen molar-refractivity contribution in [1.82, 2.24) is 10.2 Å². The SMILES string of the molecule is C=CCNC(=O)C1CC(c2ccc(CC)cc2)CN(C(=O)c2ccoc2)C1. The van der Waals surface area contributed by atoms with Crippen molar-refractivity contribution in [2.75, 3.05) is 19.6 Å². The quantitative estimate of drug-likeness (QED) is 0.797. The minimum atomic E-state index is -0.245. The van der Waals surface area contributed by atoms with Crippen molar-refractivity contribution in [2.45, 2.75) is 25.7 Å². The predicted octanol–water partition coefficient (Wildman–Crippen LogP) is 3.39. The number of furan rings is 1. The molecule has 2 heterocycles. The smallest absolute Gasteiger partial charge is 0.257 e. The summed E-state index contributed by atoms with van der Waals surface area (Å²) in [4.78, 5) is 27.2. The number of hydrogen-bond acceptors (Lipinski definition) is 3. The molecule has 1 aromatic carbocycles. The molecule has 142 valence electrons. The van der Waals surface area contributed by atoms with Crippen LogP contribution >= 0.6 is 0 Å². The van der Waals surface area contributed by atoms with Gasteiger partial charge in [-0.2, -0.15) is 0 Å². The first-order chi connectivity index (χ1) is 13.1. The molecule has 1 aliphatic heterocycles. The Labute approximate surface area is 160 Å². The summed E-state index contributed by atoms with van der Waals surface area (Å²) < 4.78 is 5.05. The largest absolute Gasteiger partial charge is 0.472 e. The van der Waals surface area contributed by atoms with Crippen molar-refractivity contribution in [3.8, 4) is 0 Å². The zero-order chi connectivity index (χ0) is 19.2. The van der Waals surface area contributed by atoms with Crippen LogP contribution in [0.15, 0.2) is 59.9 Å². The highest BCUT2D eigenvalue weighted by Gasteiger charge is 2.34. The van der Waals surface area contributed by atoms with Crippen molar-refractivity contribution in [1.29, 1.82) is 0 Å². The monoisotopic (exact) mass is 366 g/mol. The second-order valence-electron chi connectivity index (χ2n) is 6.98. The lowest BCUT2D eigenvalue weighted by Crippen LogP contribution is -2.48. The number of nitrogens with zero attached hydrogens (tertiary/aromatic N) is 1. The molecule has 0 aliphatic carbocycles. The van der Waals surface area contributed by atoms with E-state index in [0.717, 1.165) is 12.8 Å². The molecule has 0 radical (unpaired) electrons. The van der Waals surface area contributed by atoms with Crippen LogP contribution < -0.4 is 5.32 Å². The molecule has 1 saturated heterocycles. The van der Waals surface area contributed by atoms with Gasteiger partial charge in [-0.15, -0.1) is 6.58 Å². The van der Waals surface area contributed by atoms with Crippen LogP contribution in [0.2, 0.25) is 0 Å². The van der Waals surface area contributed by atoms with E-state index in [9.17, 15) is 9.59 Å². The van der Waals surface area contributed by atoms with Crippen LogP contribution in [0, 0.1) is 5.92 Å². The highest BCUT2D eigenvalue weighted by Crippen LogP contribution is 2.31. The van der Waals surface area contributed by atoms with Crippen molar-refractivity contribution < 1.29 is 14.0 Å². The van der Waals surface area contributed by atoms with Gasteiger partial charge in [-0.3, -0.25) is 9.59 Å². The normalized spacial score (nSPS) is 19.5. The first-order valence-corrected chi connectivity index (χ1v) is 9.41. The average molecular weight is 366 g/mol. The second-order valence-corrected chi connectivity index (χ2v) is 6.98. The fraction of sp³-hybridized carbons (Fsp3) is 0.364. The number of nitrogens with one attached hydrogen (secondary N) is 1. The van der Waals surface area contributed by atoms with E-state index in [-0.39, 0.29) is 23.7 Å². The lowest BCUT2D eigenvalue weighted by molar-refractivity contribution is -0.126. The molecule has 2 unspecified atom stereocenters. The Bertz CT molecular complexity index is 780. The van der Waals surface area contributed by atoms with Gasteiger partial charge in [0, 0.05) is 25.6 Å². The lowest BCUT2D eigenvalue weighted by Gasteiger charge is -2.37. The summed E-state index contributed by atoms with van der Waals surface area (Å²) in [6.07, 6.45) is 6.32. The summed E-state index contributed by atoms with van der Waals surface area (Å²) in [5.41, 5.74) is 2.96. The molecule has 27 heavy (non-hydrogen) atoms. The molecule has 2 amide bonds. The van der Waals surface area contributed by atoms with Gasteiger partial charge in [0.05, 0.1) is 17.7 Å². The molecule has 0 saturated carbocycles. The van der Waals surface area contributed by atoms with E-state index in [1.54, 1.807) is 17.0 Å². The summed E-state index contributed by atoms with van der Waals surface area (Å²) in [5.74, 6) is -0.250. The molecule has 5 heteroatoms. The minimum Gasteiger partial charge on any atom is -0.472 e. The van der Waals surface area contributed by atoms with Gasteiger partial charge >= 0.3 is 0 Å². The first-order valence-electron chi connectivity index (χ1n) is 9.41. The highest BCUT2D eigenvalue weighted by atomic mass is 16.3. The third-order valence-corrected chi connectivity index (χ3v) is 5.16. The average Bonchev–Trinajstić information content (AvgIpc) is 3.26. The summed E-state index contributed by atoms with van der Waals surface area (Å²) in [5, 5.41) is 2.87. The van der Waals surface area contributed by atoms with Gasteiger partial charge < -0.3 is 14.6 Å². The molecule has 2 atom stereocenters. The first kappa shape index (κ1) is 19.0. The molecule has 0 bridgehead atoms. The fourth-order valence-corrected chi connectivity index (χ4v) is 3.61. The van der Waals surface area contributed by atoms with Gasteiger partial charge in [-0.05, 0) is 30.0 Å². The van der Waals surface area contributed by atoms with Crippen molar-refractivity contribution >= 4 is 11.8 Å². The third-order valence-electron chi connectivity index (χ3n) is 5.16. The van der Waals surface area contributed by atoms with Gasteiger partial charge in [0.1, 0.15) is 6.26 Å². The number of carbonyl (C=O) groups is 2. The van der Waals surface area contributed by atoms with E-state index in [1.807, 2.05) is 0 Å². The van der Waals surface area contributed by atoms with E-state index >= 15 is 0 Å². The molecule has 1 N–H and O–H groups in total. The molecule has 1 fully saturated rings. The number of rotatable bonds is 6. The maximum Gasteiger partial charge on any atom is 0.257 e. The minimum absolute atomic E-state index is 0.0326. The van der Waals surface area contributed by atoms with E-state index in [0.29, 0.717) is 25.2 Å². The van der Waals surface area contributed by atoms with Crippen LogP contribution in [0.1, 0.15) is 40.7 Å². The third kappa shape index (κ3) is 4.48. The lowest BCUT2D eigenvalue weighted by atomic mass is 9.83. The Balaban J connectivity index is 1.82. The Morgan fingerprint density at radius 2 is 2.04 bits per heavy atom. The van der Waals surface area contributed by atoms with Crippen LogP contribution in [0.5, 0.6) is 0 Å². The number of carbonyl (C=O) groups excluding carboxylic acids is 2. The predicted molar refractivity (Wildman–Crippen MR) is 104 cm³/mol. The summed E-state index contributed by atoms with van der Waals surface area (Å²) in [7, 11) is 0. The number of likely N-dealkylation sites (tertiary alicyclic amines) is 1. The maximum atomic E-state index is 12.8. The van der Waals surface area contributed by atoms with Gasteiger partial charge in [0.2, 0.25) is 5.91 Å². The number of hydrogen-bond donors (Lipinski definition) is 1. The maximum absolute atomic E-state index is 12.8. The zero-order valence-corrected chi connectivity index (χ0v) is 15.7. The Hall–Kier alpha value is -2.82. The van der Waals surface area contributed by atoms with Crippen LogP contribution in [0.25, 0.3) is 0 Å². The van der Waals surface area contributed by atoms with Crippen LogP contribution in [0.4, 0.5) is 0 Å². The van der Waals surface area contributed by atoms with E-state index < -0.39 is 0 Å². The van der Waals surface area contributed by atoms with Gasteiger partial charge in [-0.1, -0.05) is 37.3 Å². The summed E-state index contributed by atoms with van der Waals surface area (Å²) in [6, 6.07) is 10.1. The standard InChI is InChI=1S/C22H26N2O3/c1-3-10-23-21(25)20-12-19(17-7-5-16(4-2)6-8-17)13-24(14-20)22(26)18-9-11-27-15-18/h3,5-9,11,15,19-20H,1,4,10,12-14H2,2H3,(H,23,25). The number of amides is 2. The van der Waals surface area contributed by atoms with Gasteiger partial charge in [0.25, 0.3) is 5.91 Å². The van der Waals surface area contributed by atoms with E-state index in [1.165, 1.54) is 23.7 Å². The van der Waals surface area contributed by atoms with Crippen LogP contribution in [-0.4, -0.2) is 36.3 Å². The molecule has 1 aliphatic rings. The van der Waals surface area contributed by atoms with Crippen molar-refractivity contribution in [2.24, 2.45) is 5.92 Å². The van der Waals surface area contributed by atoms with Gasteiger partial charge in [0.15, 0.2) is 0 Å². The molecule has 2 aromatic rings. The van der Waals surface area contributed by atoms with Crippen molar-refractivity contribution in [3.05, 3.63) is 72.2 Å². The van der Waals surface area contributed by atoms with E-state index in [4.69, 9.17) is 4.42 Å². The summed E-state index contributed by atoms with van der Waals surface area (Å²) in [6.45, 7) is 7.21. The molecular formula is C22H26N2O3. The van der Waals surface area contributed by atoms with Crippen LogP contribution in [0.3, 0.4) is 0 Å². The molecule has 1 aromatic heterocycles. The van der Waals surface area contributed by atoms with Gasteiger partial charge in [-0.25, -0.2) is 0 Å². The number of piperidine rings is 1. The topological polar surface area (TPSA) is 62.6 Å². The molecule has 5 nitrogen and oxygen atoms in total. The van der Waals surface area contributed by atoms with Crippen molar-refractivity contribution in [3.63, 3.8) is 0 Å². The number of aryl methyl sites for hydroxylation is 1. The molecule has 3 rings (SSSR count). The number of benzene rings is 1. The van der Waals surface area contributed by atoms with E-state index in [2.05, 4.69) is 43.1 Å².